The maximum atomic E-state index is 11.8. The van der Waals surface area contributed by atoms with Crippen LogP contribution in [0.2, 0.25) is 0 Å². The van der Waals surface area contributed by atoms with Gasteiger partial charge in [-0.3, -0.25) is 9.79 Å². The van der Waals surface area contributed by atoms with Crippen LogP contribution in [0, 0.1) is 5.92 Å². The molecule has 0 spiro atoms. The summed E-state index contributed by atoms with van der Waals surface area (Å²) < 4.78 is 0. The molecule has 0 aliphatic heterocycles. The molecule has 1 fully saturated rings. The van der Waals surface area contributed by atoms with E-state index in [1.807, 2.05) is 24.3 Å². The zero-order chi connectivity index (χ0) is 15.5. The lowest BCUT2D eigenvalue weighted by atomic mass is 10.0. The molecular formula is C17H18N4O. The van der Waals surface area contributed by atoms with Gasteiger partial charge >= 0.3 is 0 Å². The van der Waals surface area contributed by atoms with E-state index in [-0.39, 0.29) is 11.8 Å². The van der Waals surface area contributed by atoms with Crippen molar-refractivity contribution in [2.75, 3.05) is 12.4 Å². The standard InChI is InChI=1S/C17H18N4O/c1-19-9-15(8-18)12-4-5-13-7-16(20-10-14(13)6-12)21-17(22)11-2-3-11/h4-11H,2-3,18H2,1H3,(H,20,21,22). The maximum absolute atomic E-state index is 11.8. The third-order valence-corrected chi connectivity index (χ3v) is 3.70. The van der Waals surface area contributed by atoms with E-state index in [2.05, 4.69) is 15.3 Å². The Hall–Kier alpha value is -2.69. The van der Waals surface area contributed by atoms with Crippen molar-refractivity contribution < 1.29 is 4.79 Å². The molecule has 0 saturated heterocycles. The van der Waals surface area contributed by atoms with Gasteiger partial charge in [0.25, 0.3) is 0 Å². The third-order valence-electron chi connectivity index (χ3n) is 3.70. The van der Waals surface area contributed by atoms with Gasteiger partial charge in [-0.1, -0.05) is 12.1 Å². The van der Waals surface area contributed by atoms with Crippen LogP contribution in [0.4, 0.5) is 5.82 Å². The predicted molar refractivity (Wildman–Crippen MR) is 89.7 cm³/mol. The molecule has 3 N–H and O–H groups in total. The number of amides is 1. The molecule has 0 radical (unpaired) electrons. The Kier molecular flexibility index (Phi) is 3.87. The molecule has 0 atom stereocenters. The summed E-state index contributed by atoms with van der Waals surface area (Å²) in [5.41, 5.74) is 7.47. The SMILES string of the molecule is CN=CC(=CN)c1ccc2cc(NC(=O)C3CC3)ncc2c1. The number of aliphatic imine (C=N–C) groups is 1. The first-order valence-electron chi connectivity index (χ1n) is 7.26. The van der Waals surface area contributed by atoms with Crippen molar-refractivity contribution in [3.8, 4) is 0 Å². The summed E-state index contributed by atoms with van der Waals surface area (Å²) in [6, 6.07) is 7.87. The van der Waals surface area contributed by atoms with Crippen molar-refractivity contribution >= 4 is 34.3 Å². The summed E-state index contributed by atoms with van der Waals surface area (Å²) in [7, 11) is 1.71. The number of benzene rings is 1. The molecule has 22 heavy (non-hydrogen) atoms. The van der Waals surface area contributed by atoms with Crippen LogP contribution in [0.25, 0.3) is 16.3 Å². The highest BCUT2D eigenvalue weighted by Crippen LogP contribution is 2.30. The van der Waals surface area contributed by atoms with Crippen molar-refractivity contribution in [3.63, 3.8) is 0 Å². The van der Waals surface area contributed by atoms with Crippen molar-refractivity contribution in [1.29, 1.82) is 0 Å². The van der Waals surface area contributed by atoms with Gasteiger partial charge < -0.3 is 11.1 Å². The average molecular weight is 294 g/mol. The van der Waals surface area contributed by atoms with E-state index in [1.165, 1.54) is 6.20 Å². The normalized spacial score (nSPS) is 15.4. The summed E-state index contributed by atoms with van der Waals surface area (Å²) in [6.07, 6.45) is 6.98. The van der Waals surface area contributed by atoms with Crippen molar-refractivity contribution in [2.24, 2.45) is 16.6 Å². The highest BCUT2D eigenvalue weighted by Gasteiger charge is 2.29. The molecule has 5 nitrogen and oxygen atoms in total. The number of hydrogen-bond donors (Lipinski definition) is 2. The van der Waals surface area contributed by atoms with Crippen LogP contribution in [0.3, 0.4) is 0 Å². The minimum absolute atomic E-state index is 0.0657. The average Bonchev–Trinajstić information content (AvgIpc) is 3.37. The fourth-order valence-electron chi connectivity index (χ4n) is 2.32. The molecule has 1 aromatic heterocycles. The first-order chi connectivity index (χ1) is 10.7. The zero-order valence-electron chi connectivity index (χ0n) is 12.4. The minimum Gasteiger partial charge on any atom is -0.404 e. The Bertz CT molecular complexity index is 775. The Morgan fingerprint density at radius 2 is 2.18 bits per heavy atom. The van der Waals surface area contributed by atoms with Crippen LogP contribution in [-0.4, -0.2) is 24.2 Å². The lowest BCUT2D eigenvalue weighted by molar-refractivity contribution is -0.117. The lowest BCUT2D eigenvalue weighted by Crippen LogP contribution is -2.14. The second kappa shape index (κ2) is 5.97. The second-order valence-electron chi connectivity index (χ2n) is 5.40. The van der Waals surface area contributed by atoms with Gasteiger partial charge in [-0.2, -0.15) is 0 Å². The fourth-order valence-corrected chi connectivity index (χ4v) is 2.32. The maximum Gasteiger partial charge on any atom is 0.228 e. The van der Waals surface area contributed by atoms with Crippen LogP contribution in [0.15, 0.2) is 41.7 Å². The van der Waals surface area contributed by atoms with Gasteiger partial charge in [-0.25, -0.2) is 4.98 Å². The fraction of sp³-hybridized carbons (Fsp3) is 0.235. The quantitative estimate of drug-likeness (QED) is 0.850. The van der Waals surface area contributed by atoms with Crippen LogP contribution in [0.1, 0.15) is 18.4 Å². The number of fused-ring (bicyclic) bond motifs is 1. The van der Waals surface area contributed by atoms with E-state index in [9.17, 15) is 4.79 Å². The van der Waals surface area contributed by atoms with Gasteiger partial charge in [0.05, 0.1) is 0 Å². The largest absolute Gasteiger partial charge is 0.404 e. The number of hydrogen-bond acceptors (Lipinski definition) is 4. The Labute approximate surface area is 129 Å². The molecular weight excluding hydrogens is 276 g/mol. The molecule has 1 saturated carbocycles. The smallest absolute Gasteiger partial charge is 0.228 e. The molecule has 1 aromatic carbocycles. The Morgan fingerprint density at radius 3 is 2.86 bits per heavy atom. The summed E-state index contributed by atoms with van der Waals surface area (Å²) in [5, 5.41) is 4.88. The first kappa shape index (κ1) is 14.3. The number of nitrogens with one attached hydrogen (secondary N) is 1. The van der Waals surface area contributed by atoms with E-state index in [1.54, 1.807) is 19.5 Å². The number of nitrogens with zero attached hydrogens (tertiary/aromatic N) is 2. The highest BCUT2D eigenvalue weighted by atomic mass is 16.2. The van der Waals surface area contributed by atoms with Crippen LogP contribution in [0.5, 0.6) is 0 Å². The molecule has 2 aromatic rings. The summed E-state index contributed by atoms with van der Waals surface area (Å²) >= 11 is 0. The molecule has 1 aliphatic rings. The second-order valence-corrected chi connectivity index (χ2v) is 5.40. The number of carbonyl (C=O) groups excluding carboxylic acids is 1. The molecule has 0 unspecified atom stereocenters. The Morgan fingerprint density at radius 1 is 1.36 bits per heavy atom. The highest BCUT2D eigenvalue weighted by molar-refractivity contribution is 6.10. The topological polar surface area (TPSA) is 80.4 Å². The van der Waals surface area contributed by atoms with E-state index in [0.717, 1.165) is 34.8 Å². The number of rotatable bonds is 4. The lowest BCUT2D eigenvalue weighted by Gasteiger charge is -2.07. The predicted octanol–water partition coefficient (Wildman–Crippen LogP) is 2.58. The van der Waals surface area contributed by atoms with Crippen LogP contribution < -0.4 is 11.1 Å². The monoisotopic (exact) mass is 294 g/mol. The number of carbonyl (C=O) groups is 1. The van der Waals surface area contributed by atoms with Gasteiger partial charge in [-0.15, -0.1) is 0 Å². The van der Waals surface area contributed by atoms with Gasteiger partial charge in [0.2, 0.25) is 5.91 Å². The zero-order valence-corrected chi connectivity index (χ0v) is 12.4. The third kappa shape index (κ3) is 2.98. The number of pyridine rings is 1. The molecule has 1 aliphatic carbocycles. The molecule has 3 rings (SSSR count). The van der Waals surface area contributed by atoms with Crippen LogP contribution in [-0.2, 0) is 4.79 Å². The van der Waals surface area contributed by atoms with Crippen molar-refractivity contribution in [3.05, 3.63) is 42.2 Å². The van der Waals surface area contributed by atoms with Gasteiger partial charge in [0.1, 0.15) is 5.82 Å². The first-order valence-corrected chi connectivity index (χ1v) is 7.26. The number of allylic oxidation sites excluding steroid dienone is 1. The van der Waals surface area contributed by atoms with Crippen LogP contribution >= 0.6 is 0 Å². The van der Waals surface area contributed by atoms with E-state index in [4.69, 9.17) is 5.73 Å². The molecule has 1 amide bonds. The number of aromatic nitrogens is 1. The van der Waals surface area contributed by atoms with Gasteiger partial charge in [-0.05, 0) is 35.9 Å². The number of anilines is 1. The van der Waals surface area contributed by atoms with Gasteiger partial charge in [0.15, 0.2) is 0 Å². The van der Waals surface area contributed by atoms with E-state index < -0.39 is 0 Å². The molecule has 5 heteroatoms. The summed E-state index contributed by atoms with van der Waals surface area (Å²) in [5.74, 6) is 0.836. The number of nitrogens with two attached hydrogens (primary N) is 1. The van der Waals surface area contributed by atoms with E-state index in [0.29, 0.717) is 5.82 Å². The summed E-state index contributed by atoms with van der Waals surface area (Å²) in [6.45, 7) is 0. The molecule has 1 heterocycles. The van der Waals surface area contributed by atoms with E-state index >= 15 is 0 Å². The summed E-state index contributed by atoms with van der Waals surface area (Å²) in [4.78, 5) is 20.1. The Balaban J connectivity index is 1.89. The molecule has 112 valence electrons. The minimum atomic E-state index is 0.0657. The van der Waals surface area contributed by atoms with Crippen molar-refractivity contribution in [2.45, 2.75) is 12.8 Å². The van der Waals surface area contributed by atoms with Gasteiger partial charge in [0, 0.05) is 42.5 Å². The molecule has 0 bridgehead atoms. The van der Waals surface area contributed by atoms with Crippen molar-refractivity contribution in [1.82, 2.24) is 4.98 Å².